The molecule has 1 atom stereocenters. The van der Waals surface area contributed by atoms with Gasteiger partial charge in [0.2, 0.25) is 0 Å². The fourth-order valence-corrected chi connectivity index (χ4v) is 3.93. The average Bonchev–Trinajstić information content (AvgIpc) is 2.67. The van der Waals surface area contributed by atoms with Gasteiger partial charge in [0, 0.05) is 37.4 Å². The molecule has 1 aromatic carbocycles. The first-order valence-corrected chi connectivity index (χ1v) is 10.8. The Morgan fingerprint density at radius 1 is 1.19 bits per heavy atom. The van der Waals surface area contributed by atoms with Gasteiger partial charge in [-0.2, -0.15) is 0 Å². The zero-order chi connectivity index (χ0) is 22.5. The summed E-state index contributed by atoms with van der Waals surface area (Å²) in [7, 11) is 0. The molecule has 0 bridgehead atoms. The van der Waals surface area contributed by atoms with E-state index in [0.29, 0.717) is 54.2 Å². The number of hydrogen-bond acceptors (Lipinski definition) is 6. The van der Waals surface area contributed by atoms with E-state index in [1.54, 1.807) is 15.9 Å². The summed E-state index contributed by atoms with van der Waals surface area (Å²) >= 11 is 6.10. The van der Waals surface area contributed by atoms with Gasteiger partial charge in [-0.25, -0.2) is 14.2 Å². The second-order valence-corrected chi connectivity index (χ2v) is 9.45. The predicted molar refractivity (Wildman–Crippen MR) is 121 cm³/mol. The van der Waals surface area contributed by atoms with Gasteiger partial charge >= 0.3 is 6.09 Å². The maximum absolute atomic E-state index is 14.8. The van der Waals surface area contributed by atoms with Crippen molar-refractivity contribution in [2.75, 3.05) is 31.1 Å². The number of aliphatic imine (C=N–C) groups is 2. The van der Waals surface area contributed by atoms with Crippen molar-refractivity contribution < 1.29 is 13.9 Å². The molecule has 1 aromatic rings. The van der Waals surface area contributed by atoms with Crippen molar-refractivity contribution >= 4 is 40.7 Å². The van der Waals surface area contributed by atoms with E-state index in [2.05, 4.69) is 4.90 Å². The van der Waals surface area contributed by atoms with Crippen molar-refractivity contribution in [2.24, 2.45) is 9.98 Å². The van der Waals surface area contributed by atoms with Gasteiger partial charge in [-0.1, -0.05) is 11.6 Å². The minimum atomic E-state index is -0.535. The first kappa shape index (κ1) is 21.6. The second kappa shape index (κ2) is 7.82. The van der Waals surface area contributed by atoms with Crippen LogP contribution in [0.3, 0.4) is 0 Å². The summed E-state index contributed by atoms with van der Waals surface area (Å²) in [5, 5.41) is 0.292. The van der Waals surface area contributed by atoms with Crippen LogP contribution in [0.15, 0.2) is 33.9 Å². The number of hydrogen-bond donors (Lipinski definition) is 0. The summed E-state index contributed by atoms with van der Waals surface area (Å²) in [6, 6.07) is 2.92. The van der Waals surface area contributed by atoms with Gasteiger partial charge in [-0.15, -0.1) is 0 Å². The zero-order valence-electron chi connectivity index (χ0n) is 18.4. The van der Waals surface area contributed by atoms with Crippen LogP contribution in [0.25, 0.3) is 0 Å². The van der Waals surface area contributed by atoms with Crippen LogP contribution in [0.4, 0.5) is 20.6 Å². The topological polar surface area (TPSA) is 60.7 Å². The van der Waals surface area contributed by atoms with Crippen LogP contribution in [0.5, 0.6) is 0 Å². The molecule has 0 radical (unpaired) electrons. The summed E-state index contributed by atoms with van der Waals surface area (Å²) in [6.45, 7) is 11.7. The number of benzene rings is 1. The molecule has 1 amide bonds. The van der Waals surface area contributed by atoms with Crippen LogP contribution >= 0.6 is 11.6 Å². The van der Waals surface area contributed by atoms with Crippen molar-refractivity contribution in [1.29, 1.82) is 0 Å². The van der Waals surface area contributed by atoms with Crippen LogP contribution in [-0.4, -0.2) is 65.4 Å². The van der Waals surface area contributed by atoms with Crippen LogP contribution in [-0.2, 0) is 4.74 Å². The molecule has 0 N–H and O–H groups in total. The van der Waals surface area contributed by atoms with E-state index < -0.39 is 11.4 Å². The monoisotopic (exact) mass is 447 g/mol. The minimum Gasteiger partial charge on any atom is -0.444 e. The van der Waals surface area contributed by atoms with E-state index in [0.717, 1.165) is 5.57 Å². The van der Waals surface area contributed by atoms with Crippen LogP contribution in [0.1, 0.15) is 34.6 Å². The third-order valence-electron chi connectivity index (χ3n) is 5.44. The van der Waals surface area contributed by atoms with Crippen LogP contribution in [0.2, 0.25) is 5.02 Å². The van der Waals surface area contributed by atoms with E-state index in [1.165, 1.54) is 6.07 Å². The number of amides is 1. The highest BCUT2D eigenvalue weighted by Crippen LogP contribution is 2.40. The molecule has 1 fully saturated rings. The number of rotatable bonds is 0. The lowest BCUT2D eigenvalue weighted by molar-refractivity contribution is 0.0188. The molecule has 3 aliphatic rings. The molecular weight excluding hydrogens is 421 g/mol. The van der Waals surface area contributed by atoms with E-state index in [4.69, 9.17) is 26.3 Å². The molecule has 166 valence electrons. The van der Waals surface area contributed by atoms with E-state index in [-0.39, 0.29) is 12.1 Å². The number of nitrogens with zero attached hydrogens (tertiary/aromatic N) is 5. The van der Waals surface area contributed by atoms with Gasteiger partial charge in [-0.05, 0) is 52.3 Å². The molecule has 4 rings (SSSR count). The highest BCUT2D eigenvalue weighted by Gasteiger charge is 2.36. The molecule has 1 unspecified atom stereocenters. The Balaban J connectivity index is 1.63. The lowest BCUT2D eigenvalue weighted by Crippen LogP contribution is -2.56. The third kappa shape index (κ3) is 4.26. The predicted octanol–water partition coefficient (Wildman–Crippen LogP) is 4.59. The third-order valence-corrected chi connectivity index (χ3v) is 5.66. The summed E-state index contributed by atoms with van der Waals surface area (Å²) in [6.07, 6.45) is 1.59. The van der Waals surface area contributed by atoms with E-state index in [9.17, 15) is 9.18 Å². The zero-order valence-corrected chi connectivity index (χ0v) is 19.2. The Kier molecular flexibility index (Phi) is 5.45. The molecule has 9 heteroatoms. The number of carbonyl (C=O) groups is 1. The molecule has 1 saturated heterocycles. The smallest absolute Gasteiger partial charge is 0.410 e. The number of anilines is 1. The summed E-state index contributed by atoms with van der Waals surface area (Å²) in [5.74, 6) is 0.831. The molecule has 31 heavy (non-hydrogen) atoms. The molecule has 0 spiro atoms. The van der Waals surface area contributed by atoms with Gasteiger partial charge < -0.3 is 14.5 Å². The quantitative estimate of drug-likeness (QED) is 0.583. The van der Waals surface area contributed by atoms with Crippen molar-refractivity contribution in [1.82, 2.24) is 9.80 Å². The lowest BCUT2D eigenvalue weighted by Gasteiger charge is -2.41. The standard InChI is InChI=1S/C22H27ClFN5O2/c1-13-12-29-18-16(24)10-15(23)11-17(18)26-19(20(29)25-14(13)2)27-6-8-28(9-7-27)21(30)31-22(3,4)5/h10-12,14H,6-9H2,1-5H3. The lowest BCUT2D eigenvalue weighted by atomic mass is 10.1. The van der Waals surface area contributed by atoms with Gasteiger partial charge in [0.15, 0.2) is 17.5 Å². The average molecular weight is 448 g/mol. The molecule has 3 heterocycles. The number of halogens is 2. The van der Waals surface area contributed by atoms with Crippen molar-refractivity contribution in [2.45, 2.75) is 46.3 Å². The maximum atomic E-state index is 14.8. The molecule has 0 aliphatic carbocycles. The van der Waals surface area contributed by atoms with Crippen LogP contribution in [0, 0.1) is 5.82 Å². The number of carbonyl (C=O) groups excluding carboxylic acids is 1. The first-order valence-electron chi connectivity index (χ1n) is 10.4. The Bertz CT molecular complexity index is 1010. The summed E-state index contributed by atoms with van der Waals surface area (Å²) < 4.78 is 20.3. The number of piperazine rings is 1. The Morgan fingerprint density at radius 3 is 2.52 bits per heavy atom. The van der Waals surface area contributed by atoms with Gasteiger partial charge in [0.1, 0.15) is 11.3 Å². The highest BCUT2D eigenvalue weighted by atomic mass is 35.5. The summed E-state index contributed by atoms with van der Waals surface area (Å²) in [4.78, 5) is 27.5. The largest absolute Gasteiger partial charge is 0.444 e. The molecule has 0 saturated carbocycles. The molecular formula is C22H27ClFN5O2. The SMILES string of the molecule is CC1=CN2C(=NC1C)C(N1CCN(C(=O)OC(C)(C)C)CC1)=Nc1cc(Cl)cc(F)c12. The fourth-order valence-electron chi connectivity index (χ4n) is 3.74. The first-order chi connectivity index (χ1) is 14.5. The Morgan fingerprint density at radius 2 is 1.87 bits per heavy atom. The molecule has 0 aromatic heterocycles. The Labute approximate surface area is 186 Å². The number of fused-ring (bicyclic) bond motifs is 3. The van der Waals surface area contributed by atoms with Crippen molar-refractivity contribution in [3.05, 3.63) is 34.7 Å². The van der Waals surface area contributed by atoms with Gasteiger partial charge in [0.05, 0.1) is 11.7 Å². The summed E-state index contributed by atoms with van der Waals surface area (Å²) in [5.41, 5.74) is 1.31. The highest BCUT2D eigenvalue weighted by molar-refractivity contribution is 6.48. The van der Waals surface area contributed by atoms with E-state index in [1.807, 2.05) is 40.8 Å². The van der Waals surface area contributed by atoms with Crippen molar-refractivity contribution in [3.63, 3.8) is 0 Å². The van der Waals surface area contributed by atoms with Crippen molar-refractivity contribution in [3.8, 4) is 0 Å². The molecule has 7 nitrogen and oxygen atoms in total. The number of ether oxygens (including phenoxy) is 1. The van der Waals surface area contributed by atoms with Gasteiger partial charge in [0.25, 0.3) is 0 Å². The molecule has 3 aliphatic heterocycles. The number of amidine groups is 2. The fraction of sp³-hybridized carbons (Fsp3) is 0.500. The van der Waals surface area contributed by atoms with Gasteiger partial charge in [-0.3, -0.25) is 9.89 Å². The van der Waals surface area contributed by atoms with Crippen LogP contribution < -0.4 is 4.90 Å². The van der Waals surface area contributed by atoms with E-state index >= 15 is 0 Å². The maximum Gasteiger partial charge on any atom is 0.410 e. The second-order valence-electron chi connectivity index (χ2n) is 9.02. The Hall–Kier alpha value is -2.61. The minimum absolute atomic E-state index is 0.0311. The normalized spacial score (nSPS) is 21.1.